The van der Waals surface area contributed by atoms with Crippen LogP contribution >= 0.6 is 22.7 Å². The predicted molar refractivity (Wildman–Crippen MR) is 184 cm³/mol. The van der Waals surface area contributed by atoms with E-state index in [0.717, 1.165) is 21.9 Å². The zero-order valence-corrected chi connectivity index (χ0v) is 26.4. The fourth-order valence-corrected chi connectivity index (χ4v) is 9.32. The second kappa shape index (κ2) is 9.96. The normalized spacial score (nSPS) is 13.5. The summed E-state index contributed by atoms with van der Waals surface area (Å²) in [6, 6.07) is 30.9. The smallest absolute Gasteiger partial charge is 0.263 e. The van der Waals surface area contributed by atoms with Gasteiger partial charge >= 0.3 is 0 Å². The quantitative estimate of drug-likeness (QED) is 0.151. The van der Waals surface area contributed by atoms with Crippen LogP contribution in [0, 0.1) is 38.7 Å². The molecule has 0 aliphatic heterocycles. The highest BCUT2D eigenvalue weighted by Gasteiger charge is 2.40. The Morgan fingerprint density at radius 2 is 1.56 bits per heavy atom. The van der Waals surface area contributed by atoms with E-state index in [2.05, 4.69) is 123 Å². The number of nitrogens with zero attached hydrogens (tertiary/aromatic N) is 3. The third-order valence-electron chi connectivity index (χ3n) is 8.86. The van der Waals surface area contributed by atoms with Gasteiger partial charge in [0.1, 0.15) is 0 Å². The van der Waals surface area contributed by atoms with Gasteiger partial charge < -0.3 is 4.90 Å². The van der Waals surface area contributed by atoms with Gasteiger partial charge in [-0.15, -0.1) is 22.7 Å². The van der Waals surface area contributed by atoms with E-state index in [1.807, 2.05) is 17.4 Å². The molecule has 0 unspecified atom stereocenters. The largest absolute Gasteiger partial charge is 0.310 e. The molecule has 2 heterocycles. The molecular weight excluding hydrogens is 563 g/mol. The van der Waals surface area contributed by atoms with Gasteiger partial charge in [0.05, 0.1) is 17.3 Å². The fourth-order valence-electron chi connectivity index (χ4n) is 6.39. The van der Waals surface area contributed by atoms with Gasteiger partial charge in [-0.25, -0.2) is 10.1 Å². The zero-order chi connectivity index (χ0) is 30.0. The molecule has 0 saturated heterocycles. The lowest BCUT2D eigenvalue weighted by molar-refractivity contribution is 0.668. The van der Waals surface area contributed by atoms with E-state index >= 15 is 0 Å². The maximum Gasteiger partial charge on any atom is 0.263 e. The third-order valence-corrected chi connectivity index (χ3v) is 11.3. The molecule has 0 fully saturated rings. The molecule has 0 saturated carbocycles. The summed E-state index contributed by atoms with van der Waals surface area (Å²) in [6.45, 7) is 18.5. The van der Waals surface area contributed by atoms with Gasteiger partial charge in [-0.3, -0.25) is 0 Å². The molecule has 7 rings (SSSR count). The summed E-state index contributed by atoms with van der Waals surface area (Å²) in [5.41, 5.74) is 11.2. The Morgan fingerprint density at radius 1 is 0.860 bits per heavy atom. The topological polar surface area (TPSA) is 31.4 Å². The monoisotopic (exact) mass is 591 g/mol. The Kier molecular flexibility index (Phi) is 6.29. The van der Waals surface area contributed by atoms with Crippen LogP contribution in [0.1, 0.15) is 46.5 Å². The van der Waals surface area contributed by atoms with Crippen molar-refractivity contribution >= 4 is 66.0 Å². The SMILES string of the molecule is [C-]#[N+]/C(C#N)=C\c1cc2sc3c(c2s1)C(C)(C)c1cc(N(c2cc(C)c(C)c(C)c2)c2ccc4ccccc4c2)ccc1-3. The summed E-state index contributed by atoms with van der Waals surface area (Å²) in [7, 11) is 0. The summed E-state index contributed by atoms with van der Waals surface area (Å²) in [5, 5.41) is 11.7. The molecule has 1 aliphatic rings. The summed E-state index contributed by atoms with van der Waals surface area (Å²) < 4.78 is 2.47. The van der Waals surface area contributed by atoms with Crippen molar-refractivity contribution < 1.29 is 0 Å². The van der Waals surface area contributed by atoms with Gasteiger partial charge in [-0.05, 0) is 113 Å². The molecule has 5 heteroatoms. The minimum absolute atomic E-state index is 0.119. The maximum atomic E-state index is 9.27. The van der Waals surface area contributed by atoms with Crippen molar-refractivity contribution in [2.24, 2.45) is 0 Å². The summed E-state index contributed by atoms with van der Waals surface area (Å²) in [4.78, 5) is 8.03. The van der Waals surface area contributed by atoms with Crippen LogP contribution in [0.4, 0.5) is 17.1 Å². The van der Waals surface area contributed by atoms with Gasteiger partial charge in [0.25, 0.3) is 5.70 Å². The van der Waals surface area contributed by atoms with Crippen LogP contribution in [0.3, 0.4) is 0 Å². The minimum atomic E-state index is -0.198. The van der Waals surface area contributed by atoms with Crippen LogP contribution in [-0.2, 0) is 5.41 Å². The highest BCUT2D eigenvalue weighted by molar-refractivity contribution is 7.30. The predicted octanol–water partition coefficient (Wildman–Crippen LogP) is 11.6. The Labute approximate surface area is 260 Å². The summed E-state index contributed by atoms with van der Waals surface area (Å²) in [5.74, 6) is 0. The molecule has 0 bridgehead atoms. The number of thiophene rings is 2. The van der Waals surface area contributed by atoms with E-state index in [-0.39, 0.29) is 11.1 Å². The standard InChI is InChI=1S/C38H29N3S2/c1-22-15-30(16-23(2)24(22)3)41(28-12-11-25-9-7-8-10-26(25)17-28)29-13-14-32-33(19-29)38(4,5)35-36(32)43-34-20-31(42-37(34)35)18-27(21-39)40-6/h7-20H,1-5H3/b27-18-. The average molecular weight is 592 g/mol. The van der Waals surface area contributed by atoms with Gasteiger partial charge in [0.2, 0.25) is 0 Å². The van der Waals surface area contributed by atoms with E-state index in [1.54, 1.807) is 17.4 Å². The first-order valence-electron chi connectivity index (χ1n) is 14.3. The Hall–Kier alpha value is -4.68. The van der Waals surface area contributed by atoms with Crippen molar-refractivity contribution in [1.82, 2.24) is 0 Å². The Bertz CT molecular complexity index is 2190. The molecule has 1 aliphatic carbocycles. The fraction of sp³-hybridized carbons (Fsp3) is 0.158. The maximum absolute atomic E-state index is 9.27. The molecule has 43 heavy (non-hydrogen) atoms. The number of benzene rings is 4. The van der Waals surface area contributed by atoms with Crippen molar-refractivity contribution in [2.75, 3.05) is 4.90 Å². The van der Waals surface area contributed by atoms with Crippen LogP contribution in [0.2, 0.25) is 0 Å². The number of hydrogen-bond donors (Lipinski definition) is 0. The van der Waals surface area contributed by atoms with Gasteiger partial charge in [-0.1, -0.05) is 50.2 Å². The van der Waals surface area contributed by atoms with Crippen molar-refractivity contribution in [3.8, 4) is 16.5 Å². The van der Waals surface area contributed by atoms with E-state index in [1.165, 1.54) is 58.4 Å². The van der Waals surface area contributed by atoms with E-state index in [9.17, 15) is 5.26 Å². The third kappa shape index (κ3) is 4.28. The lowest BCUT2D eigenvalue weighted by Crippen LogP contribution is -2.16. The lowest BCUT2D eigenvalue weighted by atomic mass is 9.82. The molecule has 4 aromatic carbocycles. The van der Waals surface area contributed by atoms with E-state index in [0.29, 0.717) is 0 Å². The average Bonchev–Trinajstić information content (AvgIpc) is 3.62. The molecule has 0 amide bonds. The molecule has 0 N–H and O–H groups in total. The minimum Gasteiger partial charge on any atom is -0.310 e. The summed E-state index contributed by atoms with van der Waals surface area (Å²) >= 11 is 3.50. The zero-order valence-electron chi connectivity index (χ0n) is 24.7. The number of anilines is 3. The number of rotatable bonds is 4. The first-order chi connectivity index (χ1) is 20.7. The van der Waals surface area contributed by atoms with Crippen molar-refractivity contribution in [3.63, 3.8) is 0 Å². The van der Waals surface area contributed by atoms with Gasteiger partial charge in [-0.2, -0.15) is 0 Å². The second-order valence-electron chi connectivity index (χ2n) is 11.8. The number of fused-ring (bicyclic) bond motifs is 6. The molecule has 2 aromatic heterocycles. The molecule has 3 nitrogen and oxygen atoms in total. The lowest BCUT2D eigenvalue weighted by Gasteiger charge is -2.29. The van der Waals surface area contributed by atoms with Gasteiger partial charge in [0.15, 0.2) is 0 Å². The van der Waals surface area contributed by atoms with Gasteiger partial charge in [0, 0.05) is 36.9 Å². The number of hydrogen-bond acceptors (Lipinski definition) is 4. The summed E-state index contributed by atoms with van der Waals surface area (Å²) in [6.07, 6.45) is 1.71. The number of nitriles is 1. The number of allylic oxidation sites excluding steroid dienone is 1. The second-order valence-corrected chi connectivity index (χ2v) is 14.0. The van der Waals surface area contributed by atoms with Crippen LogP contribution in [0.15, 0.2) is 84.6 Å². The highest BCUT2D eigenvalue weighted by atomic mass is 32.1. The van der Waals surface area contributed by atoms with Crippen molar-refractivity contribution in [3.05, 3.63) is 129 Å². The Balaban J connectivity index is 1.39. The first kappa shape index (κ1) is 27.2. The molecule has 0 atom stereocenters. The first-order valence-corrected chi connectivity index (χ1v) is 15.9. The Morgan fingerprint density at radius 3 is 2.28 bits per heavy atom. The molecular formula is C38H29N3S2. The molecule has 6 aromatic rings. The van der Waals surface area contributed by atoms with Crippen LogP contribution < -0.4 is 4.90 Å². The van der Waals surface area contributed by atoms with Crippen molar-refractivity contribution in [2.45, 2.75) is 40.0 Å². The van der Waals surface area contributed by atoms with Crippen LogP contribution in [-0.4, -0.2) is 0 Å². The van der Waals surface area contributed by atoms with E-state index in [4.69, 9.17) is 6.57 Å². The molecule has 208 valence electrons. The molecule has 0 spiro atoms. The highest BCUT2D eigenvalue weighted by Crippen LogP contribution is 2.58. The number of aryl methyl sites for hydroxylation is 2. The van der Waals surface area contributed by atoms with Crippen LogP contribution in [0.5, 0.6) is 0 Å². The molecule has 0 radical (unpaired) electrons. The van der Waals surface area contributed by atoms with Crippen molar-refractivity contribution in [1.29, 1.82) is 5.26 Å². The van der Waals surface area contributed by atoms with Crippen LogP contribution in [0.25, 0.3) is 41.5 Å². The van der Waals surface area contributed by atoms with E-state index < -0.39 is 0 Å².